The van der Waals surface area contributed by atoms with E-state index < -0.39 is 0 Å². The molecule has 3 nitrogen and oxygen atoms in total. The summed E-state index contributed by atoms with van der Waals surface area (Å²) in [5.41, 5.74) is 1.01. The number of hydrogen-bond acceptors (Lipinski definition) is 4. The second-order valence-electron chi connectivity index (χ2n) is 4.55. The van der Waals surface area contributed by atoms with E-state index in [2.05, 4.69) is 33.6 Å². The van der Waals surface area contributed by atoms with Crippen LogP contribution in [-0.4, -0.2) is 4.98 Å². The summed E-state index contributed by atoms with van der Waals surface area (Å²) in [4.78, 5) is 16.1. The number of allylic oxidation sites excluding steroid dienone is 1. The van der Waals surface area contributed by atoms with E-state index >= 15 is 0 Å². The molecule has 3 aromatic rings. The summed E-state index contributed by atoms with van der Waals surface area (Å²) in [6.07, 6.45) is 1.76. The van der Waals surface area contributed by atoms with E-state index in [9.17, 15) is 10.1 Å². The fourth-order valence-corrected chi connectivity index (χ4v) is 3.56. The number of fused-ring (bicyclic) bond motifs is 1. The van der Waals surface area contributed by atoms with Gasteiger partial charge in [0.2, 0.25) is 0 Å². The summed E-state index contributed by atoms with van der Waals surface area (Å²) < 4.78 is 1.92. The third kappa shape index (κ3) is 3.08. The molecule has 106 valence electrons. The molecule has 0 aliphatic rings. The molecule has 0 saturated heterocycles. The van der Waals surface area contributed by atoms with Crippen LogP contribution in [0.3, 0.4) is 0 Å². The molecule has 0 unspecified atom stereocenters. The van der Waals surface area contributed by atoms with E-state index in [0.29, 0.717) is 16.0 Å². The van der Waals surface area contributed by atoms with Gasteiger partial charge < -0.3 is 0 Å². The Labute approximate surface area is 144 Å². The van der Waals surface area contributed by atoms with Gasteiger partial charge in [0.15, 0.2) is 0 Å². The molecule has 1 heterocycles. The lowest BCUT2D eigenvalue weighted by Gasteiger charge is -2.01. The Hall–Kier alpha value is -2.04. The Balaban J connectivity index is 2.16. The number of hydrogen-bond donors (Lipinski definition) is 0. The van der Waals surface area contributed by atoms with Crippen LogP contribution < -0.4 is 5.56 Å². The summed E-state index contributed by atoms with van der Waals surface area (Å²) in [6.45, 7) is 0. The summed E-state index contributed by atoms with van der Waals surface area (Å²) in [5, 5.41) is 10.5. The third-order valence-corrected chi connectivity index (χ3v) is 4.79. The summed E-state index contributed by atoms with van der Waals surface area (Å²) in [6, 6.07) is 17.3. The maximum atomic E-state index is 12.1. The second-order valence-corrected chi connectivity index (χ2v) is 6.82. The van der Waals surface area contributed by atoms with Gasteiger partial charge in [-0.2, -0.15) is 10.2 Å². The minimum absolute atomic E-state index is 0.298. The highest BCUT2D eigenvalue weighted by molar-refractivity contribution is 14.1. The Morgan fingerprint density at radius 3 is 2.82 bits per heavy atom. The Morgan fingerprint density at radius 1 is 1.23 bits per heavy atom. The van der Waals surface area contributed by atoms with E-state index in [4.69, 9.17) is 0 Å². The highest BCUT2D eigenvalue weighted by Gasteiger charge is 2.08. The first-order chi connectivity index (χ1) is 10.7. The van der Waals surface area contributed by atoms with Crippen LogP contribution in [0.5, 0.6) is 0 Å². The molecule has 0 atom stereocenters. The molecule has 1 aromatic heterocycles. The molecule has 0 saturated carbocycles. The van der Waals surface area contributed by atoms with Gasteiger partial charge in [-0.25, -0.2) is 0 Å². The minimum atomic E-state index is -0.298. The van der Waals surface area contributed by atoms with Gasteiger partial charge in [-0.1, -0.05) is 24.3 Å². The number of rotatable bonds is 2. The van der Waals surface area contributed by atoms with Crippen molar-refractivity contribution in [3.63, 3.8) is 0 Å². The predicted octanol–water partition coefficient (Wildman–Crippen LogP) is 4.33. The number of benzene rings is 2. The van der Waals surface area contributed by atoms with Crippen molar-refractivity contribution in [3.05, 3.63) is 73.0 Å². The van der Waals surface area contributed by atoms with Crippen LogP contribution in [0.4, 0.5) is 0 Å². The Kier molecular flexibility index (Phi) is 4.32. The second kappa shape index (κ2) is 6.38. The van der Waals surface area contributed by atoms with E-state index in [0.717, 1.165) is 13.8 Å². The first kappa shape index (κ1) is 14.9. The molecule has 2 aromatic carbocycles. The van der Waals surface area contributed by atoms with Crippen LogP contribution in [0, 0.1) is 14.9 Å². The summed E-state index contributed by atoms with van der Waals surface area (Å²) >= 11 is 3.57. The van der Waals surface area contributed by atoms with Crippen molar-refractivity contribution in [3.8, 4) is 6.07 Å². The van der Waals surface area contributed by atoms with E-state index in [-0.39, 0.29) is 5.56 Å². The lowest BCUT2D eigenvalue weighted by molar-refractivity contribution is 1.28. The summed E-state index contributed by atoms with van der Waals surface area (Å²) in [7, 11) is 0. The molecule has 0 aliphatic carbocycles. The fourth-order valence-electron chi connectivity index (χ4n) is 2.03. The van der Waals surface area contributed by atoms with Crippen LogP contribution in [0.15, 0.2) is 53.3 Å². The molecule has 0 aliphatic heterocycles. The van der Waals surface area contributed by atoms with Gasteiger partial charge in [-0.05, 0) is 58.5 Å². The molecule has 0 amide bonds. The average Bonchev–Trinajstić information content (AvgIpc) is 2.52. The normalized spacial score (nSPS) is 11.4. The molecular weight excluding hydrogens is 407 g/mol. The van der Waals surface area contributed by atoms with E-state index in [1.165, 1.54) is 11.3 Å². The molecular formula is C17H9IN2OS. The summed E-state index contributed by atoms with van der Waals surface area (Å²) in [5.74, 6) is 0. The number of aromatic nitrogens is 1. The zero-order valence-electron chi connectivity index (χ0n) is 11.3. The van der Waals surface area contributed by atoms with Crippen molar-refractivity contribution in [1.82, 2.24) is 4.98 Å². The molecule has 0 bridgehead atoms. The Morgan fingerprint density at radius 2 is 2.05 bits per heavy atom. The molecule has 22 heavy (non-hydrogen) atoms. The van der Waals surface area contributed by atoms with Gasteiger partial charge in [0, 0.05) is 8.27 Å². The van der Waals surface area contributed by atoms with Crippen molar-refractivity contribution in [2.75, 3.05) is 0 Å². The SMILES string of the molecule is N#CC(=Cc1cccc(I)c1)c1nc(=O)c2ccccc2s1. The van der Waals surface area contributed by atoms with Crippen molar-refractivity contribution in [2.45, 2.75) is 0 Å². The monoisotopic (exact) mass is 416 g/mol. The highest BCUT2D eigenvalue weighted by atomic mass is 127. The van der Waals surface area contributed by atoms with E-state index in [1.54, 1.807) is 12.1 Å². The van der Waals surface area contributed by atoms with Gasteiger partial charge in [-0.15, -0.1) is 11.3 Å². The fraction of sp³-hybridized carbons (Fsp3) is 0. The first-order valence-corrected chi connectivity index (χ1v) is 8.34. The minimum Gasteiger partial charge on any atom is -0.267 e. The van der Waals surface area contributed by atoms with Gasteiger partial charge in [0.25, 0.3) is 5.56 Å². The van der Waals surface area contributed by atoms with Crippen molar-refractivity contribution in [2.24, 2.45) is 0 Å². The average molecular weight is 416 g/mol. The smallest absolute Gasteiger partial charge is 0.267 e. The lowest BCUT2D eigenvalue weighted by Crippen LogP contribution is -2.07. The van der Waals surface area contributed by atoms with E-state index in [1.807, 2.05) is 42.5 Å². The first-order valence-electron chi connectivity index (χ1n) is 6.45. The van der Waals surface area contributed by atoms with Gasteiger partial charge in [-0.3, -0.25) is 4.79 Å². The molecule has 0 radical (unpaired) electrons. The van der Waals surface area contributed by atoms with Crippen molar-refractivity contribution >= 4 is 55.7 Å². The number of halogens is 1. The zero-order valence-corrected chi connectivity index (χ0v) is 14.3. The third-order valence-electron chi connectivity index (χ3n) is 3.04. The predicted molar refractivity (Wildman–Crippen MR) is 98.5 cm³/mol. The van der Waals surface area contributed by atoms with Gasteiger partial charge in [0.1, 0.15) is 11.1 Å². The molecule has 0 fully saturated rings. The number of nitrogens with zero attached hydrogens (tertiary/aromatic N) is 2. The van der Waals surface area contributed by atoms with Crippen LogP contribution in [0.25, 0.3) is 21.7 Å². The van der Waals surface area contributed by atoms with Crippen LogP contribution >= 0.6 is 33.9 Å². The quantitative estimate of drug-likeness (QED) is 0.462. The van der Waals surface area contributed by atoms with Gasteiger partial charge in [0.05, 0.1) is 11.0 Å². The largest absolute Gasteiger partial charge is 0.279 e. The van der Waals surface area contributed by atoms with Crippen molar-refractivity contribution in [1.29, 1.82) is 5.26 Å². The molecule has 3 rings (SSSR count). The van der Waals surface area contributed by atoms with Crippen LogP contribution in [0.1, 0.15) is 10.6 Å². The maximum absolute atomic E-state index is 12.1. The van der Waals surface area contributed by atoms with Crippen LogP contribution in [0.2, 0.25) is 0 Å². The van der Waals surface area contributed by atoms with Crippen molar-refractivity contribution < 1.29 is 0 Å². The molecule has 0 N–H and O–H groups in total. The van der Waals surface area contributed by atoms with Gasteiger partial charge >= 0.3 is 0 Å². The zero-order chi connectivity index (χ0) is 15.5. The van der Waals surface area contributed by atoms with Crippen LogP contribution in [-0.2, 0) is 0 Å². The number of nitriles is 1. The highest BCUT2D eigenvalue weighted by Crippen LogP contribution is 2.24. The maximum Gasteiger partial charge on any atom is 0.279 e. The Bertz CT molecular complexity index is 986. The lowest BCUT2D eigenvalue weighted by atomic mass is 10.1. The standard InChI is InChI=1S/C17H9IN2OS/c18-13-5-3-4-11(9-13)8-12(10-19)17-20-16(21)14-6-1-2-7-15(14)22-17/h1-9H. The molecule has 0 spiro atoms. The topological polar surface area (TPSA) is 53.8 Å². The molecule has 5 heteroatoms.